The number of carbonyl (C=O) groups is 1. The first kappa shape index (κ1) is 15.7. The second-order valence-electron chi connectivity index (χ2n) is 5.97. The van der Waals surface area contributed by atoms with Crippen LogP contribution >= 0.6 is 11.8 Å². The second kappa shape index (κ2) is 7.38. The lowest BCUT2D eigenvalue weighted by Gasteiger charge is -2.34. The summed E-state index contributed by atoms with van der Waals surface area (Å²) < 4.78 is 4.80. The van der Waals surface area contributed by atoms with Gasteiger partial charge in [0.1, 0.15) is 0 Å². The number of benzene rings is 1. The Morgan fingerprint density at radius 2 is 2.09 bits per heavy atom. The lowest BCUT2D eigenvalue weighted by Crippen LogP contribution is -2.46. The lowest BCUT2D eigenvalue weighted by molar-refractivity contribution is 0.109. The SMILES string of the molecule is COC(=O)N1CCC(NC2CSCCc3ccccc32)CC1. The zero-order valence-corrected chi connectivity index (χ0v) is 13.9. The van der Waals surface area contributed by atoms with Crippen molar-refractivity contribution in [2.24, 2.45) is 0 Å². The van der Waals surface area contributed by atoms with Crippen molar-refractivity contribution in [1.29, 1.82) is 0 Å². The Morgan fingerprint density at radius 1 is 1.32 bits per heavy atom. The van der Waals surface area contributed by atoms with Crippen molar-refractivity contribution < 1.29 is 9.53 Å². The maximum Gasteiger partial charge on any atom is 0.409 e. The van der Waals surface area contributed by atoms with Crippen molar-refractivity contribution in [1.82, 2.24) is 10.2 Å². The monoisotopic (exact) mass is 320 g/mol. The van der Waals surface area contributed by atoms with Gasteiger partial charge in [-0.1, -0.05) is 24.3 Å². The van der Waals surface area contributed by atoms with Gasteiger partial charge in [-0.05, 0) is 36.1 Å². The number of carbonyl (C=O) groups excluding carboxylic acids is 1. The highest BCUT2D eigenvalue weighted by Crippen LogP contribution is 2.28. The van der Waals surface area contributed by atoms with Gasteiger partial charge in [0.25, 0.3) is 0 Å². The summed E-state index contributed by atoms with van der Waals surface area (Å²) in [6, 6.07) is 9.72. The van der Waals surface area contributed by atoms with E-state index in [0.29, 0.717) is 12.1 Å². The molecule has 1 N–H and O–H groups in total. The third kappa shape index (κ3) is 3.58. The number of aryl methyl sites for hydroxylation is 1. The molecule has 3 rings (SSSR count). The highest BCUT2D eigenvalue weighted by atomic mass is 32.2. The minimum absolute atomic E-state index is 0.200. The summed E-state index contributed by atoms with van der Waals surface area (Å²) in [6.45, 7) is 1.57. The van der Waals surface area contributed by atoms with Crippen molar-refractivity contribution in [2.75, 3.05) is 31.7 Å². The molecule has 2 aliphatic heterocycles. The van der Waals surface area contributed by atoms with E-state index in [9.17, 15) is 4.79 Å². The van der Waals surface area contributed by atoms with E-state index in [0.717, 1.165) is 31.7 Å². The third-order valence-electron chi connectivity index (χ3n) is 4.60. The van der Waals surface area contributed by atoms with Gasteiger partial charge < -0.3 is 15.0 Å². The Labute approximate surface area is 136 Å². The molecule has 2 aliphatic rings. The van der Waals surface area contributed by atoms with Crippen LogP contribution in [0.3, 0.4) is 0 Å². The molecule has 120 valence electrons. The predicted molar refractivity (Wildman–Crippen MR) is 90.3 cm³/mol. The fourth-order valence-electron chi connectivity index (χ4n) is 3.36. The standard InChI is InChI=1S/C17H24N2O2S/c1-21-17(20)19-9-6-14(7-10-19)18-16-12-22-11-8-13-4-2-3-5-15(13)16/h2-5,14,16,18H,6-12H2,1H3. The van der Waals surface area contributed by atoms with Gasteiger partial charge in [0.15, 0.2) is 0 Å². The van der Waals surface area contributed by atoms with Crippen molar-refractivity contribution >= 4 is 17.9 Å². The second-order valence-corrected chi connectivity index (χ2v) is 7.12. The lowest BCUT2D eigenvalue weighted by atomic mass is 9.97. The molecule has 5 heteroatoms. The molecular formula is C17H24N2O2S. The Morgan fingerprint density at radius 3 is 2.86 bits per heavy atom. The maximum atomic E-state index is 11.6. The van der Waals surface area contributed by atoms with Crippen molar-refractivity contribution in [3.63, 3.8) is 0 Å². The van der Waals surface area contributed by atoms with Crippen LogP contribution in [0.2, 0.25) is 0 Å². The summed E-state index contributed by atoms with van der Waals surface area (Å²) in [5, 5.41) is 3.83. The molecule has 1 aromatic carbocycles. The van der Waals surface area contributed by atoms with Crippen LogP contribution in [0.5, 0.6) is 0 Å². The largest absolute Gasteiger partial charge is 0.453 e. The summed E-state index contributed by atoms with van der Waals surface area (Å²) in [7, 11) is 1.45. The van der Waals surface area contributed by atoms with E-state index in [1.807, 2.05) is 11.8 Å². The average molecular weight is 320 g/mol. The van der Waals surface area contributed by atoms with Crippen LogP contribution in [0.1, 0.15) is 30.0 Å². The number of methoxy groups -OCH3 is 1. The van der Waals surface area contributed by atoms with Gasteiger partial charge >= 0.3 is 6.09 Å². The Balaban J connectivity index is 1.61. The number of hydrogen-bond acceptors (Lipinski definition) is 4. The van der Waals surface area contributed by atoms with Gasteiger partial charge in [-0.2, -0.15) is 11.8 Å². The molecule has 0 bridgehead atoms. The fourth-order valence-corrected chi connectivity index (χ4v) is 4.40. The molecular weight excluding hydrogens is 296 g/mol. The number of thioether (sulfide) groups is 1. The Hall–Kier alpha value is -1.20. The topological polar surface area (TPSA) is 41.6 Å². The van der Waals surface area contributed by atoms with Crippen LogP contribution in [-0.4, -0.2) is 48.7 Å². The number of amides is 1. The number of nitrogens with zero attached hydrogens (tertiary/aromatic N) is 1. The summed E-state index contributed by atoms with van der Waals surface area (Å²) in [5.41, 5.74) is 2.94. The normalized spacial score (nSPS) is 22.8. The van der Waals surface area contributed by atoms with Crippen molar-refractivity contribution in [2.45, 2.75) is 31.3 Å². The molecule has 1 unspecified atom stereocenters. The van der Waals surface area contributed by atoms with E-state index < -0.39 is 0 Å². The molecule has 0 radical (unpaired) electrons. The number of hydrogen-bond donors (Lipinski definition) is 1. The van der Waals surface area contributed by atoms with Crippen LogP contribution in [0.25, 0.3) is 0 Å². The summed E-state index contributed by atoms with van der Waals surface area (Å²) in [4.78, 5) is 13.4. The number of ether oxygens (including phenoxy) is 1. The maximum absolute atomic E-state index is 11.6. The molecule has 1 amide bonds. The van der Waals surface area contributed by atoms with Crippen molar-refractivity contribution in [3.8, 4) is 0 Å². The molecule has 1 saturated heterocycles. The van der Waals surface area contributed by atoms with E-state index >= 15 is 0 Å². The van der Waals surface area contributed by atoms with Crippen LogP contribution in [0, 0.1) is 0 Å². The van der Waals surface area contributed by atoms with E-state index in [4.69, 9.17) is 4.74 Å². The summed E-state index contributed by atoms with van der Waals surface area (Å²) in [6.07, 6.45) is 2.96. The molecule has 1 fully saturated rings. The Bertz CT molecular complexity index is 515. The van der Waals surface area contributed by atoms with Gasteiger partial charge in [-0.25, -0.2) is 4.79 Å². The van der Waals surface area contributed by atoms with Gasteiger partial charge in [0.05, 0.1) is 7.11 Å². The molecule has 1 atom stereocenters. The minimum Gasteiger partial charge on any atom is -0.453 e. The van der Waals surface area contributed by atoms with Crippen LogP contribution in [0.15, 0.2) is 24.3 Å². The molecule has 1 aromatic rings. The molecule has 0 spiro atoms. The number of piperidine rings is 1. The third-order valence-corrected chi connectivity index (χ3v) is 5.66. The highest BCUT2D eigenvalue weighted by Gasteiger charge is 2.26. The van der Waals surface area contributed by atoms with E-state index in [1.165, 1.54) is 30.4 Å². The van der Waals surface area contributed by atoms with Crippen LogP contribution in [-0.2, 0) is 11.2 Å². The van der Waals surface area contributed by atoms with E-state index in [2.05, 4.69) is 29.6 Å². The highest BCUT2D eigenvalue weighted by molar-refractivity contribution is 7.99. The van der Waals surface area contributed by atoms with Gasteiger partial charge in [0.2, 0.25) is 0 Å². The molecule has 2 heterocycles. The first-order chi connectivity index (χ1) is 10.8. The van der Waals surface area contributed by atoms with Gasteiger partial charge in [-0.15, -0.1) is 0 Å². The molecule has 22 heavy (non-hydrogen) atoms. The van der Waals surface area contributed by atoms with Crippen LogP contribution in [0.4, 0.5) is 4.79 Å². The van der Waals surface area contributed by atoms with E-state index in [-0.39, 0.29) is 6.09 Å². The first-order valence-corrected chi connectivity index (χ1v) is 9.18. The summed E-state index contributed by atoms with van der Waals surface area (Å²) >= 11 is 2.03. The van der Waals surface area contributed by atoms with Gasteiger partial charge in [0, 0.05) is 30.9 Å². The van der Waals surface area contributed by atoms with Crippen molar-refractivity contribution in [3.05, 3.63) is 35.4 Å². The quantitative estimate of drug-likeness (QED) is 0.910. The first-order valence-electron chi connectivity index (χ1n) is 8.02. The average Bonchev–Trinajstić information content (AvgIpc) is 2.77. The van der Waals surface area contributed by atoms with E-state index in [1.54, 1.807) is 4.90 Å². The number of fused-ring (bicyclic) bond motifs is 1. The molecule has 4 nitrogen and oxygen atoms in total. The minimum atomic E-state index is -0.200. The predicted octanol–water partition coefficient (Wildman–Crippen LogP) is 2.84. The molecule has 0 saturated carbocycles. The van der Waals surface area contributed by atoms with Crippen LogP contribution < -0.4 is 5.32 Å². The smallest absolute Gasteiger partial charge is 0.409 e. The number of likely N-dealkylation sites (tertiary alicyclic amines) is 1. The zero-order valence-electron chi connectivity index (χ0n) is 13.1. The number of rotatable bonds is 2. The molecule has 0 aromatic heterocycles. The molecule has 0 aliphatic carbocycles. The zero-order chi connectivity index (χ0) is 15.4. The number of nitrogens with one attached hydrogen (secondary N) is 1. The fraction of sp³-hybridized carbons (Fsp3) is 0.588. The Kier molecular flexibility index (Phi) is 5.26. The summed E-state index contributed by atoms with van der Waals surface area (Å²) in [5.74, 6) is 2.34. The van der Waals surface area contributed by atoms with Gasteiger partial charge in [-0.3, -0.25) is 0 Å².